The highest BCUT2D eigenvalue weighted by atomic mass is 14.9. The molecule has 0 spiro atoms. The molecule has 3 nitrogen and oxygen atoms in total. The van der Waals surface area contributed by atoms with Gasteiger partial charge in [-0.2, -0.15) is 0 Å². The van der Waals surface area contributed by atoms with Gasteiger partial charge in [0.1, 0.15) is 5.82 Å². The van der Waals surface area contributed by atoms with Gasteiger partial charge in [0.15, 0.2) is 0 Å². The molecule has 2 rings (SSSR count). The lowest BCUT2D eigenvalue weighted by Crippen LogP contribution is -2.22. The molecule has 0 amide bonds. The second-order valence-corrected chi connectivity index (χ2v) is 5.88. The average Bonchev–Trinajstić information content (AvgIpc) is 2.42. The molecule has 21 heavy (non-hydrogen) atoms. The second-order valence-electron chi connectivity index (χ2n) is 5.88. The lowest BCUT2D eigenvalue weighted by atomic mass is 10.0. The van der Waals surface area contributed by atoms with Crippen molar-refractivity contribution in [3.8, 4) is 0 Å². The minimum Gasteiger partial charge on any atom is -0.327 e. The van der Waals surface area contributed by atoms with Gasteiger partial charge in [0.2, 0.25) is 0 Å². The molecule has 1 aromatic carbocycles. The molecule has 0 radical (unpaired) electrons. The van der Waals surface area contributed by atoms with Crippen LogP contribution in [0.5, 0.6) is 0 Å². The van der Waals surface area contributed by atoms with Crippen LogP contribution >= 0.6 is 0 Å². The first kappa shape index (κ1) is 15.6. The van der Waals surface area contributed by atoms with E-state index in [1.807, 2.05) is 13.0 Å². The monoisotopic (exact) mass is 283 g/mol. The largest absolute Gasteiger partial charge is 0.327 e. The summed E-state index contributed by atoms with van der Waals surface area (Å²) in [5, 5.41) is 0. The van der Waals surface area contributed by atoms with E-state index >= 15 is 0 Å². The third kappa shape index (κ3) is 4.36. The summed E-state index contributed by atoms with van der Waals surface area (Å²) in [6.45, 7) is 8.40. The summed E-state index contributed by atoms with van der Waals surface area (Å²) in [6.07, 6.45) is 2.56. The Morgan fingerprint density at radius 3 is 2.48 bits per heavy atom. The number of aryl methyl sites for hydroxylation is 3. The number of nitrogens with two attached hydrogens (primary N) is 1. The first-order valence-corrected chi connectivity index (χ1v) is 7.63. The van der Waals surface area contributed by atoms with Crippen molar-refractivity contribution < 1.29 is 0 Å². The molecule has 1 heterocycles. The van der Waals surface area contributed by atoms with Crippen LogP contribution in [-0.4, -0.2) is 16.0 Å². The molecule has 1 unspecified atom stereocenters. The Bertz CT molecular complexity index is 620. The topological polar surface area (TPSA) is 51.8 Å². The fourth-order valence-corrected chi connectivity index (χ4v) is 2.39. The number of nitrogens with zero attached hydrogens (tertiary/aromatic N) is 2. The Hall–Kier alpha value is -1.74. The normalized spacial score (nSPS) is 12.4. The van der Waals surface area contributed by atoms with Gasteiger partial charge in [0.05, 0.1) is 0 Å². The Morgan fingerprint density at radius 1 is 1.05 bits per heavy atom. The average molecular weight is 283 g/mol. The molecule has 0 saturated carbocycles. The molecule has 0 bridgehead atoms. The van der Waals surface area contributed by atoms with E-state index < -0.39 is 0 Å². The van der Waals surface area contributed by atoms with E-state index in [9.17, 15) is 0 Å². The fourth-order valence-electron chi connectivity index (χ4n) is 2.39. The molecule has 0 aliphatic rings. The van der Waals surface area contributed by atoms with Crippen LogP contribution < -0.4 is 5.73 Å². The minimum atomic E-state index is 0.175. The molecule has 2 aromatic rings. The number of hydrogen-bond acceptors (Lipinski definition) is 3. The molecule has 2 N–H and O–H groups in total. The van der Waals surface area contributed by atoms with Crippen molar-refractivity contribution in [2.75, 3.05) is 0 Å². The first-order chi connectivity index (χ1) is 9.97. The minimum absolute atomic E-state index is 0.175. The quantitative estimate of drug-likeness (QED) is 0.916. The maximum absolute atomic E-state index is 6.03. The van der Waals surface area contributed by atoms with E-state index in [-0.39, 0.29) is 6.04 Å². The molecular weight excluding hydrogens is 258 g/mol. The number of aromatic nitrogens is 2. The summed E-state index contributed by atoms with van der Waals surface area (Å²) >= 11 is 0. The Labute approximate surface area is 127 Å². The van der Waals surface area contributed by atoms with Crippen LogP contribution in [0.4, 0.5) is 0 Å². The maximum atomic E-state index is 6.03. The SMILES string of the molecule is CCC(N)Cc1cc(C)nc(Cc2ccc(C)c(C)c2)n1. The Morgan fingerprint density at radius 2 is 1.81 bits per heavy atom. The van der Waals surface area contributed by atoms with E-state index in [2.05, 4.69) is 48.9 Å². The van der Waals surface area contributed by atoms with Crippen molar-refractivity contribution in [3.63, 3.8) is 0 Å². The van der Waals surface area contributed by atoms with Crippen LogP contribution in [-0.2, 0) is 12.8 Å². The van der Waals surface area contributed by atoms with Gasteiger partial charge in [-0.25, -0.2) is 9.97 Å². The van der Waals surface area contributed by atoms with Gasteiger partial charge in [0.25, 0.3) is 0 Å². The molecule has 0 aliphatic carbocycles. The van der Waals surface area contributed by atoms with Crippen molar-refractivity contribution in [2.45, 2.75) is 53.0 Å². The predicted molar refractivity (Wildman–Crippen MR) is 87.5 cm³/mol. The van der Waals surface area contributed by atoms with Crippen molar-refractivity contribution in [3.05, 3.63) is 58.2 Å². The molecule has 0 aliphatic heterocycles. The van der Waals surface area contributed by atoms with Crippen molar-refractivity contribution in [2.24, 2.45) is 5.73 Å². The zero-order chi connectivity index (χ0) is 15.4. The number of hydrogen-bond donors (Lipinski definition) is 1. The number of benzene rings is 1. The van der Waals surface area contributed by atoms with Crippen LogP contribution in [0.3, 0.4) is 0 Å². The zero-order valence-electron chi connectivity index (χ0n) is 13.5. The second kappa shape index (κ2) is 6.81. The van der Waals surface area contributed by atoms with Crippen LogP contribution in [0.15, 0.2) is 24.3 Å². The molecule has 1 atom stereocenters. The van der Waals surface area contributed by atoms with Gasteiger partial charge in [-0.1, -0.05) is 25.1 Å². The Balaban J connectivity index is 2.21. The van der Waals surface area contributed by atoms with Crippen LogP contribution in [0.1, 0.15) is 47.2 Å². The summed E-state index contributed by atoms with van der Waals surface area (Å²) in [7, 11) is 0. The highest BCUT2D eigenvalue weighted by molar-refractivity contribution is 5.31. The van der Waals surface area contributed by atoms with Gasteiger partial charge in [-0.05, 0) is 49.9 Å². The van der Waals surface area contributed by atoms with Crippen molar-refractivity contribution in [1.29, 1.82) is 0 Å². The van der Waals surface area contributed by atoms with Crippen LogP contribution in [0.2, 0.25) is 0 Å². The summed E-state index contributed by atoms with van der Waals surface area (Å²) < 4.78 is 0. The molecule has 112 valence electrons. The van der Waals surface area contributed by atoms with E-state index in [0.717, 1.165) is 36.5 Å². The summed E-state index contributed by atoms with van der Waals surface area (Å²) in [5.41, 5.74) is 12.0. The highest BCUT2D eigenvalue weighted by Gasteiger charge is 2.07. The molecule has 3 heteroatoms. The van der Waals surface area contributed by atoms with Crippen molar-refractivity contribution in [1.82, 2.24) is 9.97 Å². The van der Waals surface area contributed by atoms with Gasteiger partial charge in [-0.3, -0.25) is 0 Å². The molecule has 0 fully saturated rings. The van der Waals surface area contributed by atoms with Gasteiger partial charge >= 0.3 is 0 Å². The van der Waals surface area contributed by atoms with Gasteiger partial charge in [-0.15, -0.1) is 0 Å². The zero-order valence-corrected chi connectivity index (χ0v) is 13.5. The summed E-state index contributed by atoms with van der Waals surface area (Å²) in [4.78, 5) is 9.24. The van der Waals surface area contributed by atoms with Crippen LogP contribution in [0, 0.1) is 20.8 Å². The van der Waals surface area contributed by atoms with Gasteiger partial charge < -0.3 is 5.73 Å². The van der Waals surface area contributed by atoms with E-state index in [4.69, 9.17) is 5.73 Å². The lowest BCUT2D eigenvalue weighted by molar-refractivity contribution is 0.632. The van der Waals surface area contributed by atoms with Gasteiger partial charge in [0, 0.05) is 30.3 Å². The molecule has 1 aromatic heterocycles. The third-order valence-corrected chi connectivity index (χ3v) is 3.88. The smallest absolute Gasteiger partial charge is 0.133 e. The summed E-state index contributed by atoms with van der Waals surface area (Å²) in [5.74, 6) is 0.886. The molecular formula is C18H25N3. The summed E-state index contributed by atoms with van der Waals surface area (Å²) in [6, 6.07) is 8.76. The lowest BCUT2D eigenvalue weighted by Gasteiger charge is -2.10. The maximum Gasteiger partial charge on any atom is 0.133 e. The fraction of sp³-hybridized carbons (Fsp3) is 0.444. The first-order valence-electron chi connectivity index (χ1n) is 7.63. The highest BCUT2D eigenvalue weighted by Crippen LogP contribution is 2.13. The molecule has 0 saturated heterocycles. The van der Waals surface area contributed by atoms with E-state index in [0.29, 0.717) is 0 Å². The standard InChI is InChI=1S/C18H25N3/c1-5-16(19)11-17-9-14(4)20-18(21-17)10-15-7-6-12(2)13(3)8-15/h6-9,16H,5,10-11,19H2,1-4H3. The van der Waals surface area contributed by atoms with Crippen LogP contribution in [0.25, 0.3) is 0 Å². The Kier molecular flexibility index (Phi) is 5.07. The number of rotatable bonds is 5. The third-order valence-electron chi connectivity index (χ3n) is 3.88. The van der Waals surface area contributed by atoms with E-state index in [1.165, 1.54) is 16.7 Å². The predicted octanol–water partition coefficient (Wildman–Crippen LogP) is 3.27. The van der Waals surface area contributed by atoms with Crippen molar-refractivity contribution >= 4 is 0 Å². The van der Waals surface area contributed by atoms with E-state index in [1.54, 1.807) is 0 Å².